The van der Waals surface area contributed by atoms with Crippen LogP contribution in [0.2, 0.25) is 0 Å². The van der Waals surface area contributed by atoms with E-state index < -0.39 is 0 Å². The van der Waals surface area contributed by atoms with Crippen molar-refractivity contribution >= 4 is 0 Å². The molecule has 1 fully saturated rings. The van der Waals surface area contributed by atoms with Crippen molar-refractivity contribution in [2.45, 2.75) is 84.6 Å². The molecule has 0 spiro atoms. The monoisotopic (exact) mass is 293 g/mol. The third kappa shape index (κ3) is 4.53. The van der Waals surface area contributed by atoms with Crippen molar-refractivity contribution in [1.29, 1.82) is 0 Å². The van der Waals surface area contributed by atoms with Crippen molar-refractivity contribution in [3.63, 3.8) is 0 Å². The van der Waals surface area contributed by atoms with Gasteiger partial charge in [0.15, 0.2) is 5.82 Å². The van der Waals surface area contributed by atoms with E-state index in [0.717, 1.165) is 24.6 Å². The van der Waals surface area contributed by atoms with Crippen LogP contribution in [0.25, 0.3) is 0 Å². The second-order valence-corrected chi connectivity index (χ2v) is 7.71. The van der Waals surface area contributed by atoms with E-state index in [1.165, 1.54) is 25.7 Å². The summed E-state index contributed by atoms with van der Waals surface area (Å²) in [6.07, 6.45) is 7.72. The second kappa shape index (κ2) is 6.91. The molecule has 2 N–H and O–H groups in total. The van der Waals surface area contributed by atoms with Gasteiger partial charge in [-0.25, -0.2) is 0 Å². The SMILES string of the molecule is CCCC(N)Cc1nc(C2CCC(C(C)(C)C)CC2)no1. The molecule has 1 aromatic heterocycles. The van der Waals surface area contributed by atoms with Crippen LogP contribution in [0.5, 0.6) is 0 Å². The Morgan fingerprint density at radius 1 is 1.24 bits per heavy atom. The fourth-order valence-electron chi connectivity index (χ4n) is 3.43. The number of aromatic nitrogens is 2. The summed E-state index contributed by atoms with van der Waals surface area (Å²) in [5.74, 6) is 2.91. The summed E-state index contributed by atoms with van der Waals surface area (Å²) < 4.78 is 5.39. The van der Waals surface area contributed by atoms with Crippen molar-refractivity contribution in [3.05, 3.63) is 11.7 Å². The Labute approximate surface area is 128 Å². The summed E-state index contributed by atoms with van der Waals surface area (Å²) in [5, 5.41) is 4.20. The highest BCUT2D eigenvalue weighted by Crippen LogP contribution is 2.42. The topological polar surface area (TPSA) is 64.9 Å². The van der Waals surface area contributed by atoms with E-state index in [0.29, 0.717) is 23.6 Å². The summed E-state index contributed by atoms with van der Waals surface area (Å²) in [6.45, 7) is 9.19. The fraction of sp³-hybridized carbons (Fsp3) is 0.882. The van der Waals surface area contributed by atoms with E-state index in [1.807, 2.05) is 0 Å². The summed E-state index contributed by atoms with van der Waals surface area (Å²) in [7, 11) is 0. The summed E-state index contributed by atoms with van der Waals surface area (Å²) in [4.78, 5) is 4.59. The largest absolute Gasteiger partial charge is 0.339 e. The molecule has 21 heavy (non-hydrogen) atoms. The summed E-state index contributed by atoms with van der Waals surface area (Å²) in [6, 6.07) is 0.139. The van der Waals surface area contributed by atoms with Crippen LogP contribution in [-0.2, 0) is 6.42 Å². The maximum Gasteiger partial charge on any atom is 0.228 e. The molecule has 1 unspecified atom stereocenters. The molecule has 1 aromatic rings. The van der Waals surface area contributed by atoms with Gasteiger partial charge in [-0.3, -0.25) is 0 Å². The van der Waals surface area contributed by atoms with Crippen molar-refractivity contribution in [2.75, 3.05) is 0 Å². The third-order valence-corrected chi connectivity index (χ3v) is 4.90. The summed E-state index contributed by atoms with van der Waals surface area (Å²) >= 11 is 0. The third-order valence-electron chi connectivity index (χ3n) is 4.90. The van der Waals surface area contributed by atoms with Crippen LogP contribution >= 0.6 is 0 Å². The van der Waals surface area contributed by atoms with Crippen LogP contribution in [0.4, 0.5) is 0 Å². The van der Waals surface area contributed by atoms with E-state index in [2.05, 4.69) is 37.8 Å². The van der Waals surface area contributed by atoms with Crippen LogP contribution in [0.3, 0.4) is 0 Å². The molecule has 0 aliphatic heterocycles. The highest BCUT2D eigenvalue weighted by molar-refractivity contribution is 4.99. The van der Waals surface area contributed by atoms with Crippen LogP contribution in [0.15, 0.2) is 4.52 Å². The average Bonchev–Trinajstić information content (AvgIpc) is 2.86. The van der Waals surface area contributed by atoms with Gasteiger partial charge in [0.2, 0.25) is 5.89 Å². The lowest BCUT2D eigenvalue weighted by molar-refractivity contribution is 0.166. The van der Waals surface area contributed by atoms with Gasteiger partial charge in [0.1, 0.15) is 0 Å². The average molecular weight is 293 g/mol. The predicted molar refractivity (Wildman–Crippen MR) is 85.0 cm³/mol. The zero-order valence-electron chi connectivity index (χ0n) is 14.1. The van der Waals surface area contributed by atoms with Gasteiger partial charge in [0.05, 0.1) is 0 Å². The highest BCUT2D eigenvalue weighted by atomic mass is 16.5. The molecule has 2 rings (SSSR count). The number of rotatable bonds is 5. The lowest BCUT2D eigenvalue weighted by atomic mass is 9.70. The van der Waals surface area contributed by atoms with Gasteiger partial charge in [0.25, 0.3) is 0 Å². The van der Waals surface area contributed by atoms with Gasteiger partial charge < -0.3 is 10.3 Å². The van der Waals surface area contributed by atoms with Crippen molar-refractivity contribution in [1.82, 2.24) is 10.1 Å². The quantitative estimate of drug-likeness (QED) is 0.889. The molecule has 0 radical (unpaired) electrons. The van der Waals surface area contributed by atoms with E-state index in [9.17, 15) is 0 Å². The van der Waals surface area contributed by atoms with E-state index in [4.69, 9.17) is 10.3 Å². The number of hydrogen-bond acceptors (Lipinski definition) is 4. The molecule has 0 bridgehead atoms. The highest BCUT2D eigenvalue weighted by Gasteiger charge is 2.32. The van der Waals surface area contributed by atoms with Crippen molar-refractivity contribution < 1.29 is 4.52 Å². The lowest BCUT2D eigenvalue weighted by Gasteiger charge is -2.36. The molecule has 4 nitrogen and oxygen atoms in total. The van der Waals surface area contributed by atoms with Gasteiger partial charge in [0, 0.05) is 18.4 Å². The van der Waals surface area contributed by atoms with Crippen LogP contribution < -0.4 is 5.73 Å². The molecule has 0 amide bonds. The Morgan fingerprint density at radius 2 is 1.90 bits per heavy atom. The van der Waals surface area contributed by atoms with E-state index >= 15 is 0 Å². The number of hydrogen-bond donors (Lipinski definition) is 1. The smallest absolute Gasteiger partial charge is 0.228 e. The van der Waals surface area contributed by atoms with Crippen molar-refractivity contribution in [2.24, 2.45) is 17.1 Å². The maximum absolute atomic E-state index is 6.04. The molecule has 1 aliphatic rings. The lowest BCUT2D eigenvalue weighted by Crippen LogP contribution is -2.25. The van der Waals surface area contributed by atoms with Gasteiger partial charge in [-0.05, 0) is 43.4 Å². The zero-order valence-corrected chi connectivity index (χ0v) is 14.1. The molecule has 1 saturated carbocycles. The van der Waals surface area contributed by atoms with Crippen LogP contribution in [0, 0.1) is 11.3 Å². The Kier molecular flexibility index (Phi) is 5.42. The Bertz CT molecular complexity index is 427. The molecule has 1 atom stereocenters. The number of nitrogens with zero attached hydrogens (tertiary/aromatic N) is 2. The van der Waals surface area contributed by atoms with Gasteiger partial charge in [-0.1, -0.05) is 39.3 Å². The molecule has 4 heteroatoms. The summed E-state index contributed by atoms with van der Waals surface area (Å²) in [5.41, 5.74) is 6.46. The molecular formula is C17H31N3O. The molecule has 0 saturated heterocycles. The van der Waals surface area contributed by atoms with Gasteiger partial charge in [-0.15, -0.1) is 0 Å². The number of nitrogens with two attached hydrogens (primary N) is 1. The Balaban J connectivity index is 1.88. The normalized spacial score (nSPS) is 25.0. The van der Waals surface area contributed by atoms with Crippen LogP contribution in [0.1, 0.15) is 83.9 Å². The molecule has 0 aromatic carbocycles. The first-order chi connectivity index (χ1) is 9.90. The first kappa shape index (κ1) is 16.5. The van der Waals surface area contributed by atoms with Crippen LogP contribution in [-0.4, -0.2) is 16.2 Å². The minimum absolute atomic E-state index is 0.139. The molecule has 1 heterocycles. The van der Waals surface area contributed by atoms with Crippen molar-refractivity contribution in [3.8, 4) is 0 Å². The standard InChI is InChI=1S/C17H31N3O/c1-5-6-14(18)11-15-19-16(20-21-15)12-7-9-13(10-8-12)17(2,3)4/h12-14H,5-11,18H2,1-4H3. The Hall–Kier alpha value is -0.900. The first-order valence-corrected chi connectivity index (χ1v) is 8.48. The zero-order chi connectivity index (χ0) is 15.5. The molecule has 1 aliphatic carbocycles. The minimum Gasteiger partial charge on any atom is -0.339 e. The molecule has 120 valence electrons. The molecular weight excluding hydrogens is 262 g/mol. The minimum atomic E-state index is 0.139. The van der Waals surface area contributed by atoms with Gasteiger partial charge >= 0.3 is 0 Å². The van der Waals surface area contributed by atoms with Gasteiger partial charge in [-0.2, -0.15) is 4.98 Å². The second-order valence-electron chi connectivity index (χ2n) is 7.71. The fourth-order valence-corrected chi connectivity index (χ4v) is 3.43. The Morgan fingerprint density at radius 3 is 2.48 bits per heavy atom. The predicted octanol–water partition coefficient (Wildman–Crippen LogP) is 4.06. The first-order valence-electron chi connectivity index (χ1n) is 8.48. The van der Waals surface area contributed by atoms with E-state index in [1.54, 1.807) is 0 Å². The van der Waals surface area contributed by atoms with E-state index in [-0.39, 0.29) is 6.04 Å². The maximum atomic E-state index is 6.04.